The summed E-state index contributed by atoms with van der Waals surface area (Å²) in [5, 5.41) is 9.37. The van der Waals surface area contributed by atoms with Crippen molar-refractivity contribution in [2.75, 3.05) is 20.3 Å². The number of hydrogen-bond acceptors (Lipinski definition) is 8. The summed E-state index contributed by atoms with van der Waals surface area (Å²) in [4.78, 5) is 37.1. The molecule has 40 heavy (non-hydrogen) atoms. The van der Waals surface area contributed by atoms with Crippen molar-refractivity contribution in [1.29, 1.82) is 0 Å². The molecule has 1 atom stereocenters. The van der Waals surface area contributed by atoms with Gasteiger partial charge in [0.25, 0.3) is 5.91 Å². The van der Waals surface area contributed by atoms with Gasteiger partial charge in [-0.15, -0.1) is 0 Å². The average molecular weight is 729 g/mol. The third kappa shape index (κ3) is 8.10. The Labute approximate surface area is 254 Å². The maximum atomic E-state index is 12.6. The summed E-state index contributed by atoms with van der Waals surface area (Å²) in [7, 11) is 1.45. The zero-order chi connectivity index (χ0) is 29.4. The van der Waals surface area contributed by atoms with Crippen LogP contribution in [0.2, 0.25) is 0 Å². The van der Waals surface area contributed by atoms with Crippen LogP contribution in [0.15, 0.2) is 51.2 Å². The molecular weight excluding hydrogens is 699 g/mol. The summed E-state index contributed by atoms with van der Waals surface area (Å²) >= 11 is 5.64. The molecule has 0 unspecified atom stereocenters. The fraction of sp³-hybridized carbons (Fsp3) is 0.333. The van der Waals surface area contributed by atoms with Crippen LogP contribution in [0.1, 0.15) is 44.9 Å². The van der Waals surface area contributed by atoms with Crippen LogP contribution in [0.4, 0.5) is 4.79 Å². The predicted octanol–water partition coefficient (Wildman–Crippen LogP) is 4.57. The summed E-state index contributed by atoms with van der Waals surface area (Å²) < 4.78 is 23.9. The van der Waals surface area contributed by atoms with Crippen molar-refractivity contribution in [2.45, 2.75) is 39.8 Å². The second kappa shape index (κ2) is 14.3. The molecule has 0 aliphatic carbocycles. The zero-order valence-electron chi connectivity index (χ0n) is 22.6. The number of methoxy groups -OCH3 is 1. The van der Waals surface area contributed by atoms with Crippen LogP contribution in [-0.4, -0.2) is 50.5 Å². The number of allylic oxidation sites excluding steroid dienone is 1. The van der Waals surface area contributed by atoms with E-state index in [1.54, 1.807) is 32.0 Å². The van der Waals surface area contributed by atoms with Crippen LogP contribution in [0.5, 0.6) is 17.2 Å². The SMILES string of the molecule is CCOC(=O)C1=C(C)NC(=O)N[C@@H]1c1ccc(OCC(=O)N/N=C/c2cc(Br)cc(I)c2OC(C)C)c(OC)c1. The molecule has 0 saturated carbocycles. The van der Waals surface area contributed by atoms with E-state index in [0.29, 0.717) is 28.3 Å². The first kappa shape index (κ1) is 31.2. The molecule has 0 saturated heterocycles. The van der Waals surface area contributed by atoms with E-state index in [2.05, 4.69) is 59.7 Å². The molecule has 2 aromatic rings. The molecule has 1 aliphatic rings. The summed E-state index contributed by atoms with van der Waals surface area (Å²) in [5.74, 6) is 0.223. The van der Waals surface area contributed by atoms with Gasteiger partial charge in [-0.25, -0.2) is 15.0 Å². The van der Waals surface area contributed by atoms with E-state index in [0.717, 1.165) is 8.04 Å². The van der Waals surface area contributed by atoms with Gasteiger partial charge in [-0.2, -0.15) is 5.10 Å². The Kier molecular flexibility index (Phi) is 11.2. The molecule has 0 fully saturated rings. The minimum Gasteiger partial charge on any atom is -0.493 e. The number of ether oxygens (including phenoxy) is 4. The fourth-order valence-electron chi connectivity index (χ4n) is 3.79. The van der Waals surface area contributed by atoms with E-state index in [1.165, 1.54) is 13.3 Å². The number of urea groups is 1. The van der Waals surface area contributed by atoms with Gasteiger partial charge in [0.15, 0.2) is 18.1 Å². The molecule has 3 rings (SSSR count). The highest BCUT2D eigenvalue weighted by Gasteiger charge is 2.32. The van der Waals surface area contributed by atoms with Gasteiger partial charge in [0.1, 0.15) is 5.75 Å². The fourth-order valence-corrected chi connectivity index (χ4v) is 5.47. The summed E-state index contributed by atoms with van der Waals surface area (Å²) in [6, 6.07) is 7.44. The smallest absolute Gasteiger partial charge is 0.338 e. The Morgan fingerprint density at radius 3 is 2.65 bits per heavy atom. The summed E-state index contributed by atoms with van der Waals surface area (Å²) in [6.07, 6.45) is 1.47. The highest BCUT2D eigenvalue weighted by molar-refractivity contribution is 14.1. The number of esters is 1. The number of hydrazone groups is 1. The van der Waals surface area contributed by atoms with Crippen LogP contribution >= 0.6 is 38.5 Å². The summed E-state index contributed by atoms with van der Waals surface area (Å²) in [6.45, 7) is 7.04. The number of carbonyl (C=O) groups is 3. The van der Waals surface area contributed by atoms with Crippen LogP contribution in [0.3, 0.4) is 0 Å². The molecule has 0 spiro atoms. The lowest BCUT2D eigenvalue weighted by Gasteiger charge is -2.28. The Hall–Kier alpha value is -3.33. The zero-order valence-corrected chi connectivity index (χ0v) is 26.3. The van der Waals surface area contributed by atoms with Gasteiger partial charge < -0.3 is 29.6 Å². The molecule has 13 heteroatoms. The molecule has 214 valence electrons. The van der Waals surface area contributed by atoms with Crippen molar-refractivity contribution >= 4 is 62.6 Å². The number of benzene rings is 2. The quantitative estimate of drug-likeness (QED) is 0.134. The minimum atomic E-state index is -0.765. The molecule has 3 amide bonds. The number of rotatable bonds is 11. The lowest BCUT2D eigenvalue weighted by Crippen LogP contribution is -2.45. The number of carbonyl (C=O) groups excluding carboxylic acids is 3. The highest BCUT2D eigenvalue weighted by Crippen LogP contribution is 2.35. The topological polar surface area (TPSA) is 137 Å². The van der Waals surface area contributed by atoms with E-state index < -0.39 is 23.9 Å². The largest absolute Gasteiger partial charge is 0.493 e. The lowest BCUT2D eigenvalue weighted by atomic mass is 9.95. The van der Waals surface area contributed by atoms with Gasteiger partial charge in [0, 0.05) is 15.7 Å². The molecule has 1 aliphatic heterocycles. The van der Waals surface area contributed by atoms with Crippen molar-refractivity contribution in [1.82, 2.24) is 16.1 Å². The monoisotopic (exact) mass is 728 g/mol. The van der Waals surface area contributed by atoms with E-state index in [4.69, 9.17) is 18.9 Å². The number of halogens is 2. The minimum absolute atomic E-state index is 0.0333. The molecule has 0 aromatic heterocycles. The van der Waals surface area contributed by atoms with Crippen LogP contribution < -0.4 is 30.3 Å². The van der Waals surface area contributed by atoms with Crippen molar-refractivity contribution < 1.29 is 33.3 Å². The number of amides is 3. The first-order chi connectivity index (χ1) is 19.0. The maximum Gasteiger partial charge on any atom is 0.338 e. The van der Waals surface area contributed by atoms with Crippen molar-refractivity contribution in [3.8, 4) is 17.2 Å². The molecule has 1 heterocycles. The number of nitrogens with one attached hydrogen (secondary N) is 3. The van der Waals surface area contributed by atoms with E-state index >= 15 is 0 Å². The van der Waals surface area contributed by atoms with Gasteiger partial charge in [0.2, 0.25) is 0 Å². The maximum absolute atomic E-state index is 12.6. The first-order valence-electron chi connectivity index (χ1n) is 12.3. The second-order valence-corrected chi connectivity index (χ2v) is 10.8. The van der Waals surface area contributed by atoms with Crippen molar-refractivity contribution in [3.05, 3.63) is 60.8 Å². The Morgan fingerprint density at radius 2 is 1.98 bits per heavy atom. The van der Waals surface area contributed by atoms with Crippen LogP contribution in [0.25, 0.3) is 0 Å². The van der Waals surface area contributed by atoms with Crippen molar-refractivity contribution in [3.63, 3.8) is 0 Å². The van der Waals surface area contributed by atoms with Gasteiger partial charge in [-0.05, 0) is 80.1 Å². The van der Waals surface area contributed by atoms with Gasteiger partial charge in [0.05, 0.1) is 41.2 Å². The second-order valence-electron chi connectivity index (χ2n) is 8.76. The third-order valence-electron chi connectivity index (χ3n) is 5.43. The molecule has 0 bridgehead atoms. The Morgan fingerprint density at radius 1 is 1.23 bits per heavy atom. The average Bonchev–Trinajstić information content (AvgIpc) is 2.88. The van der Waals surface area contributed by atoms with E-state index in [1.807, 2.05) is 26.0 Å². The normalized spacial score (nSPS) is 15.0. The standard InChI is InChI=1S/C27H30BrIN4O7/c1-6-38-26(35)23-15(4)31-27(36)32-24(23)16-7-8-20(21(10-16)37-5)39-13-22(34)33-30-12-17-9-18(28)11-19(29)25(17)40-14(2)3/h7-12,14,24H,6,13H2,1-5H3,(H,33,34)(H2,31,32,36)/b30-12+/t24-/m1/s1. The van der Waals surface area contributed by atoms with E-state index in [9.17, 15) is 14.4 Å². The van der Waals surface area contributed by atoms with Gasteiger partial charge in [-0.3, -0.25) is 4.79 Å². The molecule has 11 nitrogen and oxygen atoms in total. The third-order valence-corrected chi connectivity index (χ3v) is 6.69. The Balaban J connectivity index is 1.70. The predicted molar refractivity (Wildman–Crippen MR) is 161 cm³/mol. The van der Waals surface area contributed by atoms with Gasteiger partial charge >= 0.3 is 12.0 Å². The van der Waals surface area contributed by atoms with Crippen molar-refractivity contribution in [2.24, 2.45) is 5.10 Å². The molecule has 0 radical (unpaired) electrons. The van der Waals surface area contributed by atoms with Crippen LogP contribution in [-0.2, 0) is 14.3 Å². The summed E-state index contributed by atoms with van der Waals surface area (Å²) in [5.41, 5.74) is 4.37. The first-order valence-corrected chi connectivity index (χ1v) is 14.1. The molecular formula is C27H30BrIN4O7. The molecule has 3 N–H and O–H groups in total. The number of hydrogen-bond donors (Lipinski definition) is 3. The highest BCUT2D eigenvalue weighted by atomic mass is 127. The van der Waals surface area contributed by atoms with E-state index in [-0.39, 0.29) is 30.6 Å². The Bertz CT molecular complexity index is 1350. The number of nitrogens with zero attached hydrogens (tertiary/aromatic N) is 1. The van der Waals surface area contributed by atoms with Crippen LogP contribution in [0, 0.1) is 3.57 Å². The lowest BCUT2D eigenvalue weighted by molar-refractivity contribution is -0.139. The molecule has 2 aromatic carbocycles. The van der Waals surface area contributed by atoms with Gasteiger partial charge in [-0.1, -0.05) is 22.0 Å².